The van der Waals surface area contributed by atoms with Crippen molar-refractivity contribution in [1.82, 2.24) is 5.32 Å². The zero-order valence-corrected chi connectivity index (χ0v) is 13.8. The van der Waals surface area contributed by atoms with E-state index in [1.165, 1.54) is 5.56 Å². The second-order valence-corrected chi connectivity index (χ2v) is 6.25. The van der Waals surface area contributed by atoms with Crippen molar-refractivity contribution in [2.45, 2.75) is 19.4 Å². The maximum Gasteiger partial charge on any atom is 0.255 e. The Kier molecular flexibility index (Phi) is 5.20. The molecule has 5 heteroatoms. The standard InChI is InChI=1S/C15H16BrNO2S/c1-10(7-11-5-6-20-9-11)17-15(18)13-4-3-12(16)8-14(13)19-2/h3-6,8-10H,7H2,1-2H3,(H,17,18). The van der Waals surface area contributed by atoms with E-state index in [0.29, 0.717) is 11.3 Å². The third-order valence-electron chi connectivity index (χ3n) is 2.91. The van der Waals surface area contributed by atoms with Crippen LogP contribution in [0, 0.1) is 0 Å². The summed E-state index contributed by atoms with van der Waals surface area (Å²) in [6.07, 6.45) is 0.827. The summed E-state index contributed by atoms with van der Waals surface area (Å²) in [7, 11) is 1.56. The first-order valence-electron chi connectivity index (χ1n) is 6.25. The van der Waals surface area contributed by atoms with Crippen LogP contribution in [0.5, 0.6) is 5.75 Å². The van der Waals surface area contributed by atoms with Crippen LogP contribution >= 0.6 is 27.3 Å². The molecule has 3 nitrogen and oxygen atoms in total. The number of carbonyl (C=O) groups is 1. The molecule has 1 aromatic carbocycles. The van der Waals surface area contributed by atoms with E-state index < -0.39 is 0 Å². The van der Waals surface area contributed by atoms with Gasteiger partial charge in [0.05, 0.1) is 12.7 Å². The molecule has 0 spiro atoms. The molecule has 106 valence electrons. The molecular formula is C15H16BrNO2S. The van der Waals surface area contributed by atoms with Crippen LogP contribution in [0.25, 0.3) is 0 Å². The fourth-order valence-electron chi connectivity index (χ4n) is 1.97. The number of benzene rings is 1. The highest BCUT2D eigenvalue weighted by Gasteiger charge is 2.15. The molecule has 1 heterocycles. The summed E-state index contributed by atoms with van der Waals surface area (Å²) in [6.45, 7) is 2.00. The summed E-state index contributed by atoms with van der Waals surface area (Å²) in [5, 5.41) is 7.14. The third-order valence-corrected chi connectivity index (χ3v) is 4.13. The molecule has 0 radical (unpaired) electrons. The minimum atomic E-state index is -0.114. The Morgan fingerprint density at radius 1 is 1.45 bits per heavy atom. The van der Waals surface area contributed by atoms with Gasteiger partial charge in [0.25, 0.3) is 5.91 Å². The predicted molar refractivity (Wildman–Crippen MR) is 85.6 cm³/mol. The maximum absolute atomic E-state index is 12.3. The molecule has 0 bridgehead atoms. The number of amides is 1. The number of thiophene rings is 1. The van der Waals surface area contributed by atoms with E-state index >= 15 is 0 Å². The predicted octanol–water partition coefficient (Wildman–Crippen LogP) is 3.88. The van der Waals surface area contributed by atoms with Gasteiger partial charge >= 0.3 is 0 Å². The average Bonchev–Trinajstić information content (AvgIpc) is 2.90. The first kappa shape index (κ1) is 15.1. The van der Waals surface area contributed by atoms with Gasteiger partial charge in [-0.05, 0) is 53.9 Å². The van der Waals surface area contributed by atoms with Gasteiger partial charge in [-0.15, -0.1) is 0 Å². The average molecular weight is 354 g/mol. The Bertz CT molecular complexity index is 584. The number of carbonyl (C=O) groups excluding carboxylic acids is 1. The lowest BCUT2D eigenvalue weighted by molar-refractivity contribution is 0.0937. The molecule has 0 aliphatic carbocycles. The number of ether oxygens (including phenoxy) is 1. The van der Waals surface area contributed by atoms with Gasteiger partial charge in [0.15, 0.2) is 0 Å². The van der Waals surface area contributed by atoms with Crippen molar-refractivity contribution in [1.29, 1.82) is 0 Å². The molecule has 1 atom stereocenters. The minimum Gasteiger partial charge on any atom is -0.496 e. The monoisotopic (exact) mass is 353 g/mol. The molecule has 1 aromatic heterocycles. The molecule has 20 heavy (non-hydrogen) atoms. The van der Waals surface area contributed by atoms with Crippen LogP contribution in [-0.4, -0.2) is 19.1 Å². The summed E-state index contributed by atoms with van der Waals surface area (Å²) in [5.74, 6) is 0.455. The van der Waals surface area contributed by atoms with Crippen LogP contribution in [0.15, 0.2) is 39.5 Å². The summed E-state index contributed by atoms with van der Waals surface area (Å²) in [6, 6.07) is 7.54. The molecule has 2 rings (SSSR count). The highest BCUT2D eigenvalue weighted by Crippen LogP contribution is 2.23. The van der Waals surface area contributed by atoms with Crippen LogP contribution < -0.4 is 10.1 Å². The van der Waals surface area contributed by atoms with Crippen LogP contribution in [-0.2, 0) is 6.42 Å². The zero-order chi connectivity index (χ0) is 14.5. The largest absolute Gasteiger partial charge is 0.496 e. The van der Waals surface area contributed by atoms with E-state index in [4.69, 9.17) is 4.74 Å². The molecule has 0 saturated heterocycles. The molecule has 2 aromatic rings. The molecular weight excluding hydrogens is 338 g/mol. The number of rotatable bonds is 5. The minimum absolute atomic E-state index is 0.0745. The second kappa shape index (κ2) is 6.90. The van der Waals surface area contributed by atoms with Crippen molar-refractivity contribution in [3.05, 3.63) is 50.6 Å². The van der Waals surface area contributed by atoms with Gasteiger partial charge in [0.1, 0.15) is 5.75 Å². The highest BCUT2D eigenvalue weighted by atomic mass is 79.9. The molecule has 0 aliphatic rings. The van der Waals surface area contributed by atoms with Crippen LogP contribution in [0.2, 0.25) is 0 Å². The van der Waals surface area contributed by atoms with E-state index in [2.05, 4.69) is 32.7 Å². The first-order valence-corrected chi connectivity index (χ1v) is 7.99. The van der Waals surface area contributed by atoms with Crippen molar-refractivity contribution >= 4 is 33.2 Å². The summed E-state index contributed by atoms with van der Waals surface area (Å²) in [4.78, 5) is 12.3. The van der Waals surface area contributed by atoms with Crippen molar-refractivity contribution in [2.24, 2.45) is 0 Å². The van der Waals surface area contributed by atoms with E-state index in [0.717, 1.165) is 10.9 Å². The van der Waals surface area contributed by atoms with E-state index in [1.807, 2.05) is 18.4 Å². The van der Waals surface area contributed by atoms with Gasteiger partial charge in [-0.25, -0.2) is 0 Å². The lowest BCUT2D eigenvalue weighted by Gasteiger charge is -2.15. The Morgan fingerprint density at radius 2 is 2.25 bits per heavy atom. The van der Waals surface area contributed by atoms with Gasteiger partial charge < -0.3 is 10.1 Å². The summed E-state index contributed by atoms with van der Waals surface area (Å²) < 4.78 is 6.13. The Balaban J connectivity index is 2.04. The first-order chi connectivity index (χ1) is 9.60. The summed E-state index contributed by atoms with van der Waals surface area (Å²) >= 11 is 5.03. The fourth-order valence-corrected chi connectivity index (χ4v) is 2.99. The molecule has 1 N–H and O–H groups in total. The Labute approximate surface area is 131 Å². The summed E-state index contributed by atoms with van der Waals surface area (Å²) in [5.41, 5.74) is 1.79. The van der Waals surface area contributed by atoms with Gasteiger partial charge in [-0.2, -0.15) is 11.3 Å². The van der Waals surface area contributed by atoms with E-state index in [9.17, 15) is 4.79 Å². The molecule has 0 aliphatic heterocycles. The van der Waals surface area contributed by atoms with Crippen LogP contribution in [0.4, 0.5) is 0 Å². The number of hydrogen-bond acceptors (Lipinski definition) is 3. The van der Waals surface area contributed by atoms with Crippen molar-refractivity contribution < 1.29 is 9.53 Å². The van der Waals surface area contributed by atoms with E-state index in [1.54, 1.807) is 30.6 Å². The normalized spacial score (nSPS) is 11.9. The SMILES string of the molecule is COc1cc(Br)ccc1C(=O)NC(C)Cc1ccsc1. The fraction of sp³-hybridized carbons (Fsp3) is 0.267. The van der Waals surface area contributed by atoms with Crippen molar-refractivity contribution in [3.63, 3.8) is 0 Å². The van der Waals surface area contributed by atoms with Gasteiger partial charge in [-0.1, -0.05) is 15.9 Å². The Morgan fingerprint density at radius 3 is 2.90 bits per heavy atom. The van der Waals surface area contributed by atoms with Gasteiger partial charge in [0, 0.05) is 10.5 Å². The number of methoxy groups -OCH3 is 1. The Hall–Kier alpha value is -1.33. The van der Waals surface area contributed by atoms with Crippen LogP contribution in [0.3, 0.4) is 0 Å². The maximum atomic E-state index is 12.3. The molecule has 1 amide bonds. The number of hydrogen-bond donors (Lipinski definition) is 1. The third kappa shape index (κ3) is 3.84. The second-order valence-electron chi connectivity index (χ2n) is 4.55. The highest BCUT2D eigenvalue weighted by molar-refractivity contribution is 9.10. The van der Waals surface area contributed by atoms with Gasteiger partial charge in [0.2, 0.25) is 0 Å². The smallest absolute Gasteiger partial charge is 0.255 e. The topological polar surface area (TPSA) is 38.3 Å². The van der Waals surface area contributed by atoms with Crippen molar-refractivity contribution in [2.75, 3.05) is 7.11 Å². The quantitative estimate of drug-likeness (QED) is 0.885. The number of nitrogens with one attached hydrogen (secondary N) is 1. The van der Waals surface area contributed by atoms with Gasteiger partial charge in [-0.3, -0.25) is 4.79 Å². The lowest BCUT2D eigenvalue weighted by Crippen LogP contribution is -2.34. The zero-order valence-electron chi connectivity index (χ0n) is 11.4. The number of halogens is 1. The lowest BCUT2D eigenvalue weighted by atomic mass is 10.1. The van der Waals surface area contributed by atoms with Crippen LogP contribution in [0.1, 0.15) is 22.8 Å². The van der Waals surface area contributed by atoms with Crippen molar-refractivity contribution in [3.8, 4) is 5.75 Å². The molecule has 0 saturated carbocycles. The van der Waals surface area contributed by atoms with E-state index in [-0.39, 0.29) is 11.9 Å². The molecule has 1 unspecified atom stereocenters. The molecule has 0 fully saturated rings.